The molecule has 1 unspecified atom stereocenters. The molecule has 1 N–H and O–H groups in total. The van der Waals surface area contributed by atoms with E-state index in [9.17, 15) is 22.8 Å². The van der Waals surface area contributed by atoms with E-state index in [0.717, 1.165) is 25.7 Å². The first-order valence-electron chi connectivity index (χ1n) is 13.8. The summed E-state index contributed by atoms with van der Waals surface area (Å²) in [4.78, 5) is 36.7. The third-order valence-electron chi connectivity index (χ3n) is 6.70. The summed E-state index contributed by atoms with van der Waals surface area (Å²) >= 11 is 0. The van der Waals surface area contributed by atoms with E-state index in [-0.39, 0.29) is 35.2 Å². The summed E-state index contributed by atoms with van der Waals surface area (Å²) in [5.74, 6) is 5.20. The van der Waals surface area contributed by atoms with Crippen molar-refractivity contribution in [2.45, 2.75) is 46.8 Å². The molecule has 2 aliphatic heterocycles. The number of carbonyl (C=O) groups excluding carboxylic acids is 2. The zero-order valence-electron chi connectivity index (χ0n) is 23.9. The molecule has 1 aromatic carbocycles. The Morgan fingerprint density at radius 2 is 1.78 bits per heavy atom. The maximum absolute atomic E-state index is 13.9. The number of aliphatic imine (C=N–C) groups is 1. The van der Waals surface area contributed by atoms with E-state index < -0.39 is 17.6 Å². The number of rotatable bonds is 6. The zero-order chi connectivity index (χ0) is 30.0. The fourth-order valence-corrected chi connectivity index (χ4v) is 4.41. The van der Waals surface area contributed by atoms with Crippen LogP contribution < -0.4 is 5.32 Å². The average Bonchev–Trinajstić information content (AvgIpc) is 2.97. The largest absolute Gasteiger partial charge is 0.416 e. The first-order chi connectivity index (χ1) is 19.6. The average molecular weight is 568 g/mol. The van der Waals surface area contributed by atoms with Gasteiger partial charge in [0.15, 0.2) is 5.78 Å². The van der Waals surface area contributed by atoms with Gasteiger partial charge in [-0.2, -0.15) is 13.2 Å². The van der Waals surface area contributed by atoms with Crippen LogP contribution in [0.4, 0.5) is 13.2 Å². The van der Waals surface area contributed by atoms with Gasteiger partial charge in [0.2, 0.25) is 0 Å². The second-order valence-electron chi connectivity index (χ2n) is 9.50. The third kappa shape index (κ3) is 9.10. The molecular weight excluding hydrogens is 531 g/mol. The monoisotopic (exact) mass is 567 g/mol. The van der Waals surface area contributed by atoms with Gasteiger partial charge in [-0.15, -0.1) is 0 Å². The molecule has 1 aromatic heterocycles. The molecule has 3 heterocycles. The number of amides is 1. The van der Waals surface area contributed by atoms with Gasteiger partial charge >= 0.3 is 6.18 Å². The van der Waals surface area contributed by atoms with Crippen molar-refractivity contribution in [3.8, 4) is 11.8 Å². The highest BCUT2D eigenvalue weighted by atomic mass is 19.4. The normalized spacial score (nSPS) is 17.4. The number of hydrogen-bond acceptors (Lipinski definition) is 6. The lowest BCUT2D eigenvalue weighted by atomic mass is 10.0. The predicted molar refractivity (Wildman–Crippen MR) is 153 cm³/mol. The van der Waals surface area contributed by atoms with Gasteiger partial charge in [0.1, 0.15) is 11.5 Å². The van der Waals surface area contributed by atoms with Gasteiger partial charge in [0.25, 0.3) is 5.91 Å². The summed E-state index contributed by atoms with van der Waals surface area (Å²) in [5, 5.41) is 2.60. The van der Waals surface area contributed by atoms with Gasteiger partial charge in [0, 0.05) is 75.5 Å². The number of benzene rings is 1. The molecule has 0 bridgehead atoms. The van der Waals surface area contributed by atoms with Crippen molar-refractivity contribution in [3.05, 3.63) is 76.4 Å². The Morgan fingerprint density at radius 3 is 2.39 bits per heavy atom. The summed E-state index contributed by atoms with van der Waals surface area (Å²) in [5.41, 5.74) is 0.241. The van der Waals surface area contributed by atoms with Crippen LogP contribution in [0.5, 0.6) is 0 Å². The molecule has 41 heavy (non-hydrogen) atoms. The Bertz CT molecular complexity index is 1330. The Labute approximate surface area is 239 Å². The molecule has 1 atom stereocenters. The first-order valence-corrected chi connectivity index (χ1v) is 13.8. The maximum atomic E-state index is 13.9. The minimum Gasteiger partial charge on any atom is -0.307 e. The van der Waals surface area contributed by atoms with Crippen LogP contribution in [-0.4, -0.2) is 65.4 Å². The fourth-order valence-electron chi connectivity index (χ4n) is 4.41. The van der Waals surface area contributed by atoms with Gasteiger partial charge in [-0.1, -0.05) is 38.7 Å². The first kappa shape index (κ1) is 31.7. The number of nitrogens with one attached hydrogen (secondary N) is 1. The summed E-state index contributed by atoms with van der Waals surface area (Å²) in [6.07, 6.45) is 0.716. The third-order valence-corrected chi connectivity index (χ3v) is 6.70. The topological polar surface area (TPSA) is 77.9 Å². The molecule has 7 nitrogen and oxygen atoms in total. The number of allylic oxidation sites excluding steroid dienone is 1. The highest BCUT2D eigenvalue weighted by Gasteiger charge is 2.34. The van der Waals surface area contributed by atoms with Crippen LogP contribution in [0.25, 0.3) is 0 Å². The zero-order valence-corrected chi connectivity index (χ0v) is 23.9. The minimum absolute atomic E-state index is 0.0946. The van der Waals surface area contributed by atoms with Crippen molar-refractivity contribution >= 4 is 17.9 Å². The number of pyridine rings is 1. The van der Waals surface area contributed by atoms with Crippen LogP contribution in [0, 0.1) is 17.8 Å². The van der Waals surface area contributed by atoms with Gasteiger partial charge in [-0.05, 0) is 42.4 Å². The van der Waals surface area contributed by atoms with E-state index in [1.807, 2.05) is 18.7 Å². The Kier molecular flexibility index (Phi) is 11.4. The molecule has 2 aromatic rings. The quantitative estimate of drug-likeness (QED) is 0.385. The van der Waals surface area contributed by atoms with Crippen molar-refractivity contribution < 1.29 is 22.8 Å². The maximum Gasteiger partial charge on any atom is 0.416 e. The van der Waals surface area contributed by atoms with Gasteiger partial charge in [-0.25, -0.2) is 4.99 Å². The molecule has 1 fully saturated rings. The van der Waals surface area contributed by atoms with Crippen molar-refractivity contribution in [1.29, 1.82) is 0 Å². The highest BCUT2D eigenvalue weighted by Crippen LogP contribution is 2.33. The predicted octanol–water partition coefficient (Wildman–Crippen LogP) is 5.18. The number of aromatic nitrogens is 1. The SMILES string of the molecule is CC.CCN1CCN(Cc2ccc(C(=O)NC3=CC(C#Cc4ccc(C(C)=O)nc4)CC=N3)cc2C(F)(F)F)CC1. The number of nitrogens with zero attached hydrogens (tertiary/aromatic N) is 4. The van der Waals surface area contributed by atoms with E-state index in [1.54, 1.807) is 24.4 Å². The number of piperazine rings is 1. The molecule has 218 valence electrons. The van der Waals surface area contributed by atoms with Crippen molar-refractivity contribution in [1.82, 2.24) is 20.1 Å². The van der Waals surface area contributed by atoms with Gasteiger partial charge in [-0.3, -0.25) is 19.5 Å². The minimum atomic E-state index is -4.59. The van der Waals surface area contributed by atoms with Crippen LogP contribution in [0.2, 0.25) is 0 Å². The second-order valence-corrected chi connectivity index (χ2v) is 9.50. The summed E-state index contributed by atoms with van der Waals surface area (Å²) in [6, 6.07) is 7.03. The molecule has 10 heteroatoms. The van der Waals surface area contributed by atoms with E-state index >= 15 is 0 Å². The number of halogens is 3. The van der Waals surface area contributed by atoms with Crippen LogP contribution in [-0.2, 0) is 12.7 Å². The van der Waals surface area contributed by atoms with Gasteiger partial charge < -0.3 is 10.2 Å². The molecule has 4 rings (SSSR count). The molecule has 0 radical (unpaired) electrons. The molecule has 2 aliphatic rings. The van der Waals surface area contributed by atoms with Crippen LogP contribution in [0.15, 0.2) is 53.4 Å². The number of ketones is 1. The lowest BCUT2D eigenvalue weighted by molar-refractivity contribution is -0.138. The Morgan fingerprint density at radius 1 is 1.07 bits per heavy atom. The van der Waals surface area contributed by atoms with E-state index in [2.05, 4.69) is 39.0 Å². The molecule has 0 spiro atoms. The standard InChI is InChI=1S/C29H30F3N5O2.C2H6/c1-3-36-12-14-37(15-13-36)19-24-8-7-23(17-25(24)29(30,31)32)28(39)35-27-16-21(10-11-33-27)4-5-22-6-9-26(20(2)38)34-18-22;1-2/h6-9,11,16-18,21H,3,10,12-15,19H2,1-2H3,(H,35,39);1-2H3. The molecule has 1 saturated heterocycles. The fraction of sp³-hybridized carbons (Fsp3) is 0.419. The number of hydrogen-bond donors (Lipinski definition) is 1. The molecule has 1 amide bonds. The van der Waals surface area contributed by atoms with Crippen LogP contribution in [0.3, 0.4) is 0 Å². The molecular formula is C31H36F3N5O2. The molecule has 0 aliphatic carbocycles. The summed E-state index contributed by atoms with van der Waals surface area (Å²) < 4.78 is 41.8. The number of carbonyl (C=O) groups is 2. The van der Waals surface area contributed by atoms with Gasteiger partial charge in [0.05, 0.1) is 5.56 Å². The summed E-state index contributed by atoms with van der Waals surface area (Å²) in [6.45, 7) is 11.6. The number of likely N-dealkylation sites (N-methyl/N-ethyl adjacent to an activating group) is 1. The Hall–Kier alpha value is -3.81. The van der Waals surface area contributed by atoms with E-state index in [1.165, 1.54) is 25.3 Å². The number of Topliss-reactive ketones (excluding diaryl/α,β-unsaturated/α-hetero) is 1. The lowest BCUT2D eigenvalue weighted by Gasteiger charge is -2.34. The lowest BCUT2D eigenvalue weighted by Crippen LogP contribution is -2.45. The van der Waals surface area contributed by atoms with E-state index in [0.29, 0.717) is 30.8 Å². The van der Waals surface area contributed by atoms with Crippen LogP contribution in [0.1, 0.15) is 71.7 Å². The highest BCUT2D eigenvalue weighted by molar-refractivity contribution is 5.95. The van der Waals surface area contributed by atoms with Crippen molar-refractivity contribution in [2.24, 2.45) is 10.9 Å². The summed E-state index contributed by atoms with van der Waals surface area (Å²) in [7, 11) is 0. The Balaban J connectivity index is 0.00000226. The van der Waals surface area contributed by atoms with Crippen molar-refractivity contribution in [3.63, 3.8) is 0 Å². The second kappa shape index (κ2) is 14.7. The van der Waals surface area contributed by atoms with Crippen molar-refractivity contribution in [2.75, 3.05) is 32.7 Å². The van der Waals surface area contributed by atoms with Crippen LogP contribution >= 0.6 is 0 Å². The number of alkyl halides is 3. The molecule has 0 saturated carbocycles. The smallest absolute Gasteiger partial charge is 0.307 e. The van der Waals surface area contributed by atoms with E-state index in [4.69, 9.17) is 0 Å².